The van der Waals surface area contributed by atoms with E-state index in [4.69, 9.17) is 4.42 Å². The maximum atomic E-state index is 12.3. The standard InChI is InChI=1S/C25H22O2/c1-16(2)21-14-9-17(3)24-22(15-23(26)27-25(21)24)20-12-10-19(11-13-20)18-7-5-4-6-8-18/h4-16H,1-3H3. The Bertz CT molecular complexity index is 1150. The normalized spacial score (nSPS) is 11.3. The maximum Gasteiger partial charge on any atom is 0.336 e. The fourth-order valence-corrected chi connectivity index (χ4v) is 3.62. The summed E-state index contributed by atoms with van der Waals surface area (Å²) in [7, 11) is 0. The SMILES string of the molecule is Cc1ccc(C(C)C)c2oc(=O)cc(-c3ccc(-c4ccccc4)cc3)c12. The molecule has 1 heterocycles. The molecular weight excluding hydrogens is 332 g/mol. The van der Waals surface area contributed by atoms with Gasteiger partial charge in [0.05, 0.1) is 0 Å². The van der Waals surface area contributed by atoms with Crippen molar-refractivity contribution in [1.29, 1.82) is 0 Å². The number of fused-ring (bicyclic) bond motifs is 1. The molecule has 4 aromatic rings. The second-order valence-corrected chi connectivity index (χ2v) is 7.25. The van der Waals surface area contributed by atoms with E-state index in [9.17, 15) is 4.79 Å². The zero-order valence-corrected chi connectivity index (χ0v) is 15.8. The second kappa shape index (κ2) is 6.88. The first-order chi connectivity index (χ1) is 13.0. The van der Waals surface area contributed by atoms with Gasteiger partial charge in [0.15, 0.2) is 0 Å². The predicted octanol–water partition coefficient (Wildman–Crippen LogP) is 6.56. The molecular formula is C25H22O2. The molecule has 0 saturated heterocycles. The van der Waals surface area contributed by atoms with Gasteiger partial charge in [-0.25, -0.2) is 4.79 Å². The van der Waals surface area contributed by atoms with Crippen molar-refractivity contribution in [2.24, 2.45) is 0 Å². The van der Waals surface area contributed by atoms with Crippen LogP contribution in [-0.4, -0.2) is 0 Å². The van der Waals surface area contributed by atoms with E-state index in [1.807, 2.05) is 18.2 Å². The fourth-order valence-electron chi connectivity index (χ4n) is 3.62. The van der Waals surface area contributed by atoms with E-state index in [-0.39, 0.29) is 11.5 Å². The first-order valence-corrected chi connectivity index (χ1v) is 9.28. The Morgan fingerprint density at radius 1 is 0.778 bits per heavy atom. The summed E-state index contributed by atoms with van der Waals surface area (Å²) in [4.78, 5) is 12.3. The molecule has 0 amide bonds. The van der Waals surface area contributed by atoms with E-state index in [0.29, 0.717) is 5.58 Å². The fraction of sp³-hybridized carbons (Fsp3) is 0.160. The summed E-state index contributed by atoms with van der Waals surface area (Å²) in [6.07, 6.45) is 0. The first kappa shape index (κ1) is 17.3. The van der Waals surface area contributed by atoms with Crippen LogP contribution in [0.15, 0.2) is 82.0 Å². The molecule has 4 rings (SSSR count). The zero-order chi connectivity index (χ0) is 19.0. The summed E-state index contributed by atoms with van der Waals surface area (Å²) in [5.74, 6) is 0.284. The van der Waals surface area contributed by atoms with Crippen molar-refractivity contribution in [3.05, 3.63) is 94.3 Å². The van der Waals surface area contributed by atoms with Crippen LogP contribution in [-0.2, 0) is 0 Å². The Morgan fingerprint density at radius 3 is 2.07 bits per heavy atom. The van der Waals surface area contributed by atoms with E-state index in [0.717, 1.165) is 33.2 Å². The molecule has 2 heteroatoms. The molecule has 27 heavy (non-hydrogen) atoms. The number of aryl methyl sites for hydroxylation is 1. The van der Waals surface area contributed by atoms with E-state index in [1.165, 1.54) is 5.56 Å². The lowest BCUT2D eigenvalue weighted by molar-refractivity contribution is 0.554. The van der Waals surface area contributed by atoms with E-state index in [2.05, 4.69) is 69.3 Å². The minimum Gasteiger partial charge on any atom is -0.422 e. The molecule has 0 aliphatic carbocycles. The largest absolute Gasteiger partial charge is 0.422 e. The molecule has 134 valence electrons. The third-order valence-corrected chi connectivity index (χ3v) is 5.06. The van der Waals surface area contributed by atoms with Crippen molar-refractivity contribution in [2.45, 2.75) is 26.7 Å². The molecule has 0 fully saturated rings. The number of benzene rings is 3. The molecule has 0 spiro atoms. The van der Waals surface area contributed by atoms with E-state index >= 15 is 0 Å². The van der Waals surface area contributed by atoms with Crippen LogP contribution in [0, 0.1) is 6.92 Å². The molecule has 0 radical (unpaired) electrons. The van der Waals surface area contributed by atoms with Gasteiger partial charge < -0.3 is 4.42 Å². The van der Waals surface area contributed by atoms with Crippen LogP contribution >= 0.6 is 0 Å². The molecule has 0 aliphatic heterocycles. The Kier molecular flexibility index (Phi) is 4.41. The monoisotopic (exact) mass is 354 g/mol. The highest BCUT2D eigenvalue weighted by atomic mass is 16.4. The average Bonchev–Trinajstić information content (AvgIpc) is 2.68. The third-order valence-electron chi connectivity index (χ3n) is 5.06. The van der Waals surface area contributed by atoms with Gasteiger partial charge in [-0.1, -0.05) is 80.6 Å². The Morgan fingerprint density at radius 2 is 1.41 bits per heavy atom. The van der Waals surface area contributed by atoms with Crippen LogP contribution in [0.3, 0.4) is 0 Å². The van der Waals surface area contributed by atoms with Gasteiger partial charge in [0.1, 0.15) is 5.58 Å². The topological polar surface area (TPSA) is 30.2 Å². The Hall–Kier alpha value is -3.13. The molecule has 0 unspecified atom stereocenters. The van der Waals surface area contributed by atoms with Crippen molar-refractivity contribution in [3.63, 3.8) is 0 Å². The molecule has 1 aromatic heterocycles. The van der Waals surface area contributed by atoms with Crippen molar-refractivity contribution < 1.29 is 4.42 Å². The van der Waals surface area contributed by atoms with Crippen LogP contribution in [0.25, 0.3) is 33.2 Å². The lowest BCUT2D eigenvalue weighted by atomic mass is 9.92. The van der Waals surface area contributed by atoms with E-state index < -0.39 is 0 Å². The van der Waals surface area contributed by atoms with E-state index in [1.54, 1.807) is 6.07 Å². The molecule has 0 bridgehead atoms. The van der Waals surface area contributed by atoms with Gasteiger partial charge in [0.25, 0.3) is 0 Å². The van der Waals surface area contributed by atoms with Crippen LogP contribution in [0.1, 0.15) is 30.9 Å². The predicted molar refractivity (Wildman–Crippen MR) is 112 cm³/mol. The minimum atomic E-state index is -0.308. The highest BCUT2D eigenvalue weighted by molar-refractivity contribution is 5.97. The van der Waals surface area contributed by atoms with Gasteiger partial charge >= 0.3 is 5.63 Å². The molecule has 2 nitrogen and oxygen atoms in total. The zero-order valence-electron chi connectivity index (χ0n) is 15.8. The number of hydrogen-bond donors (Lipinski definition) is 0. The van der Waals surface area contributed by atoms with Crippen molar-refractivity contribution in [1.82, 2.24) is 0 Å². The first-order valence-electron chi connectivity index (χ1n) is 9.28. The lowest BCUT2D eigenvalue weighted by Crippen LogP contribution is -2.02. The van der Waals surface area contributed by atoms with Gasteiger partial charge in [0, 0.05) is 17.0 Å². The van der Waals surface area contributed by atoms with Crippen molar-refractivity contribution >= 4 is 11.0 Å². The summed E-state index contributed by atoms with van der Waals surface area (Å²) < 4.78 is 5.63. The van der Waals surface area contributed by atoms with Crippen molar-refractivity contribution in [2.75, 3.05) is 0 Å². The summed E-state index contributed by atoms with van der Waals surface area (Å²) in [6.45, 7) is 6.30. The van der Waals surface area contributed by atoms with Crippen LogP contribution in [0.2, 0.25) is 0 Å². The summed E-state index contributed by atoms with van der Waals surface area (Å²) in [5, 5.41) is 1.02. The van der Waals surface area contributed by atoms with Crippen LogP contribution in [0.4, 0.5) is 0 Å². The molecule has 0 saturated carbocycles. The van der Waals surface area contributed by atoms with Gasteiger partial charge in [0.2, 0.25) is 0 Å². The minimum absolute atomic E-state index is 0.284. The van der Waals surface area contributed by atoms with Gasteiger partial charge in [-0.3, -0.25) is 0 Å². The number of rotatable bonds is 3. The Balaban J connectivity index is 1.91. The smallest absolute Gasteiger partial charge is 0.336 e. The van der Waals surface area contributed by atoms with Crippen LogP contribution in [0.5, 0.6) is 0 Å². The molecule has 0 N–H and O–H groups in total. The highest BCUT2D eigenvalue weighted by Gasteiger charge is 2.15. The van der Waals surface area contributed by atoms with Gasteiger partial charge in [-0.2, -0.15) is 0 Å². The third kappa shape index (κ3) is 3.19. The molecule has 0 atom stereocenters. The molecule has 3 aromatic carbocycles. The number of hydrogen-bond acceptors (Lipinski definition) is 2. The second-order valence-electron chi connectivity index (χ2n) is 7.25. The van der Waals surface area contributed by atoms with Gasteiger partial charge in [-0.05, 0) is 40.7 Å². The summed E-state index contributed by atoms with van der Waals surface area (Å²) in [5.41, 5.74) is 6.87. The van der Waals surface area contributed by atoms with Gasteiger partial charge in [-0.15, -0.1) is 0 Å². The average molecular weight is 354 g/mol. The lowest BCUT2D eigenvalue weighted by Gasteiger charge is -2.14. The Labute approximate surface area is 159 Å². The van der Waals surface area contributed by atoms with Crippen LogP contribution < -0.4 is 5.63 Å². The van der Waals surface area contributed by atoms with Crippen molar-refractivity contribution in [3.8, 4) is 22.3 Å². The summed E-state index contributed by atoms with van der Waals surface area (Å²) in [6, 6.07) is 24.4. The molecule has 0 aliphatic rings. The summed E-state index contributed by atoms with van der Waals surface area (Å²) >= 11 is 0. The highest BCUT2D eigenvalue weighted by Crippen LogP contribution is 2.35. The quantitative estimate of drug-likeness (QED) is 0.390. The maximum absolute atomic E-state index is 12.3.